The van der Waals surface area contributed by atoms with Crippen molar-refractivity contribution in [1.29, 1.82) is 0 Å². The van der Waals surface area contributed by atoms with Crippen LogP contribution >= 0.6 is 12.4 Å². The van der Waals surface area contributed by atoms with E-state index in [2.05, 4.69) is 6.55 Å². The highest BCUT2D eigenvalue weighted by Crippen LogP contribution is 1.79. The SMILES string of the molecule is C[SiH3].Cl.c1ccccc1. The first kappa shape index (κ1) is 11.5. The molecule has 0 amide bonds. The van der Waals surface area contributed by atoms with Crippen LogP contribution in [-0.4, -0.2) is 10.2 Å². The summed E-state index contributed by atoms with van der Waals surface area (Å²) in [6.45, 7) is 2.14. The highest BCUT2D eigenvalue weighted by Gasteiger charge is 1.57. The van der Waals surface area contributed by atoms with Crippen LogP contribution in [0, 0.1) is 0 Å². The molecule has 0 aliphatic heterocycles. The minimum Gasteiger partial charge on any atom is -0.147 e. The largest absolute Gasteiger partial charge is 0.147 e. The summed E-state index contributed by atoms with van der Waals surface area (Å²) < 4.78 is 0. The Morgan fingerprint density at radius 3 is 0.889 bits per heavy atom. The molecule has 0 fully saturated rings. The Morgan fingerprint density at radius 1 is 0.667 bits per heavy atom. The highest BCUT2D eigenvalue weighted by molar-refractivity contribution is 6.05. The molecule has 0 saturated carbocycles. The fourth-order valence-electron chi connectivity index (χ4n) is 0.385. The van der Waals surface area contributed by atoms with E-state index in [0.717, 1.165) is 0 Å². The predicted octanol–water partition coefficient (Wildman–Crippen LogP) is 1.51. The first-order valence-electron chi connectivity index (χ1n) is 3.00. The molecule has 0 bridgehead atoms. The van der Waals surface area contributed by atoms with Crippen molar-refractivity contribution >= 4 is 22.6 Å². The van der Waals surface area contributed by atoms with Crippen LogP contribution in [0.3, 0.4) is 0 Å². The van der Waals surface area contributed by atoms with Gasteiger partial charge in [-0.3, -0.25) is 0 Å². The van der Waals surface area contributed by atoms with Crippen LogP contribution in [0.5, 0.6) is 0 Å². The van der Waals surface area contributed by atoms with E-state index in [4.69, 9.17) is 0 Å². The molecule has 0 N–H and O–H groups in total. The Hall–Kier alpha value is -0.273. The molecule has 0 aromatic heterocycles. The number of halogens is 1. The predicted molar refractivity (Wildman–Crippen MR) is 49.5 cm³/mol. The zero-order chi connectivity index (χ0) is 6.24. The van der Waals surface area contributed by atoms with Gasteiger partial charge in [-0.25, -0.2) is 0 Å². The molecule has 2 heteroatoms. The molecule has 0 heterocycles. The van der Waals surface area contributed by atoms with E-state index in [1.807, 2.05) is 36.4 Å². The zero-order valence-corrected chi connectivity index (χ0v) is 8.69. The van der Waals surface area contributed by atoms with Crippen LogP contribution in [0.25, 0.3) is 0 Å². The second kappa shape index (κ2) is 10.7. The second-order valence-corrected chi connectivity index (χ2v) is 1.15. The molecule has 0 radical (unpaired) electrons. The van der Waals surface area contributed by atoms with Crippen LogP contribution in [0.2, 0.25) is 6.55 Å². The van der Waals surface area contributed by atoms with Gasteiger partial charge in [-0.2, -0.15) is 0 Å². The van der Waals surface area contributed by atoms with Crippen LogP contribution in [0.1, 0.15) is 0 Å². The molecular formula is C7H13ClSi. The zero-order valence-electron chi connectivity index (χ0n) is 5.87. The quantitative estimate of drug-likeness (QED) is 0.505. The highest BCUT2D eigenvalue weighted by atomic mass is 35.5. The summed E-state index contributed by atoms with van der Waals surface area (Å²) in [4.78, 5) is 0. The van der Waals surface area contributed by atoms with Gasteiger partial charge in [0.1, 0.15) is 0 Å². The van der Waals surface area contributed by atoms with Gasteiger partial charge in [-0.15, -0.1) is 12.4 Å². The molecule has 0 aliphatic rings. The summed E-state index contributed by atoms with van der Waals surface area (Å²) in [6.07, 6.45) is 0. The third kappa shape index (κ3) is 7.73. The smallest absolute Gasteiger partial charge is 0.000585 e. The maximum absolute atomic E-state index is 2.14. The van der Waals surface area contributed by atoms with Crippen molar-refractivity contribution in [3.63, 3.8) is 0 Å². The van der Waals surface area contributed by atoms with Gasteiger partial charge < -0.3 is 0 Å². The maximum Gasteiger partial charge on any atom is -0.000585 e. The van der Waals surface area contributed by atoms with Crippen molar-refractivity contribution in [2.75, 3.05) is 0 Å². The van der Waals surface area contributed by atoms with Gasteiger partial charge in [0, 0.05) is 0 Å². The van der Waals surface area contributed by atoms with Crippen molar-refractivity contribution in [2.45, 2.75) is 6.55 Å². The lowest BCUT2D eigenvalue weighted by atomic mass is 10.4. The van der Waals surface area contributed by atoms with E-state index in [-0.39, 0.29) is 12.4 Å². The summed E-state index contributed by atoms with van der Waals surface area (Å²) in [5.74, 6) is 0. The fraction of sp³-hybridized carbons (Fsp3) is 0.143. The summed E-state index contributed by atoms with van der Waals surface area (Å²) >= 11 is 0. The molecule has 1 aromatic carbocycles. The first-order chi connectivity index (χ1) is 4.00. The van der Waals surface area contributed by atoms with E-state index in [1.165, 1.54) is 10.2 Å². The second-order valence-electron chi connectivity index (χ2n) is 1.15. The third-order valence-electron chi connectivity index (χ3n) is 0.667. The summed E-state index contributed by atoms with van der Waals surface area (Å²) in [5.41, 5.74) is 0. The Labute approximate surface area is 66.1 Å². The molecule has 0 atom stereocenters. The lowest BCUT2D eigenvalue weighted by Gasteiger charge is -1.69. The molecule has 0 spiro atoms. The topological polar surface area (TPSA) is 0 Å². The molecule has 0 aliphatic carbocycles. The molecule has 52 valence electrons. The fourth-order valence-corrected chi connectivity index (χ4v) is 0.385. The molecule has 1 aromatic rings. The van der Waals surface area contributed by atoms with E-state index < -0.39 is 0 Å². The van der Waals surface area contributed by atoms with Gasteiger partial charge >= 0.3 is 0 Å². The van der Waals surface area contributed by atoms with Gasteiger partial charge in [-0.05, 0) is 10.2 Å². The Kier molecular flexibility index (Phi) is 13.6. The first-order valence-corrected chi connectivity index (χ1v) is 5.00. The normalized spacial score (nSPS) is 6.33. The maximum atomic E-state index is 2.14. The van der Waals surface area contributed by atoms with Crippen LogP contribution in [0.15, 0.2) is 36.4 Å². The van der Waals surface area contributed by atoms with Crippen LogP contribution in [0.4, 0.5) is 0 Å². The molecule has 0 nitrogen and oxygen atoms in total. The molecule has 1 rings (SSSR count). The average Bonchev–Trinajstić information content (AvgIpc) is 1.96. The van der Waals surface area contributed by atoms with Gasteiger partial charge in [-0.1, -0.05) is 42.9 Å². The molecule has 0 unspecified atom stereocenters. The number of hydrogen-bond acceptors (Lipinski definition) is 0. The van der Waals surface area contributed by atoms with Crippen LogP contribution < -0.4 is 0 Å². The van der Waals surface area contributed by atoms with Crippen LogP contribution in [-0.2, 0) is 0 Å². The van der Waals surface area contributed by atoms with Crippen molar-refractivity contribution in [3.8, 4) is 0 Å². The summed E-state index contributed by atoms with van der Waals surface area (Å²) in [5, 5.41) is 0. The van der Waals surface area contributed by atoms with Gasteiger partial charge in [0.05, 0.1) is 0 Å². The molecule has 0 saturated heterocycles. The van der Waals surface area contributed by atoms with Crippen molar-refractivity contribution in [3.05, 3.63) is 36.4 Å². The van der Waals surface area contributed by atoms with E-state index >= 15 is 0 Å². The van der Waals surface area contributed by atoms with E-state index in [9.17, 15) is 0 Å². The monoisotopic (exact) mass is 160 g/mol. The van der Waals surface area contributed by atoms with E-state index in [1.54, 1.807) is 0 Å². The minimum absolute atomic E-state index is 0. The van der Waals surface area contributed by atoms with Crippen molar-refractivity contribution in [2.24, 2.45) is 0 Å². The number of hydrogen-bond donors (Lipinski definition) is 0. The standard InChI is InChI=1S/C6H6.CH6Si.ClH/c1-2-4-6-5-3-1;1-2;/h1-6H;1-2H3;1H. The minimum atomic E-state index is 0. The lowest BCUT2D eigenvalue weighted by molar-refractivity contribution is 1.72. The third-order valence-corrected chi connectivity index (χ3v) is 0.667. The van der Waals surface area contributed by atoms with Gasteiger partial charge in [0.2, 0.25) is 0 Å². The lowest BCUT2D eigenvalue weighted by Crippen LogP contribution is -1.47. The number of benzene rings is 1. The number of rotatable bonds is 0. The molecular weight excluding hydrogens is 148 g/mol. The summed E-state index contributed by atoms with van der Waals surface area (Å²) in [6, 6.07) is 12.0. The van der Waals surface area contributed by atoms with Crippen molar-refractivity contribution < 1.29 is 0 Å². The van der Waals surface area contributed by atoms with Crippen molar-refractivity contribution in [1.82, 2.24) is 0 Å². The Morgan fingerprint density at radius 2 is 0.778 bits per heavy atom. The average molecular weight is 161 g/mol. The molecule has 9 heavy (non-hydrogen) atoms. The Bertz CT molecular complexity index is 80.8. The Balaban J connectivity index is 0. The summed E-state index contributed by atoms with van der Waals surface area (Å²) in [7, 11) is 1.31. The van der Waals surface area contributed by atoms with E-state index in [0.29, 0.717) is 0 Å². The van der Waals surface area contributed by atoms with Gasteiger partial charge in [0.15, 0.2) is 0 Å². The van der Waals surface area contributed by atoms with Gasteiger partial charge in [0.25, 0.3) is 0 Å².